The summed E-state index contributed by atoms with van der Waals surface area (Å²) in [4.78, 5) is 27.6. The third-order valence-electron chi connectivity index (χ3n) is 5.17. The Bertz CT molecular complexity index is 1050. The first kappa shape index (κ1) is 21.6. The lowest BCUT2D eigenvalue weighted by Crippen LogP contribution is -2.34. The highest BCUT2D eigenvalue weighted by atomic mass is 32.2. The van der Waals surface area contributed by atoms with Crippen molar-refractivity contribution in [2.45, 2.75) is 19.4 Å². The van der Waals surface area contributed by atoms with Crippen LogP contribution in [0.15, 0.2) is 35.7 Å². The molecule has 1 saturated heterocycles. The van der Waals surface area contributed by atoms with Crippen molar-refractivity contribution in [3.8, 4) is 11.5 Å². The maximum atomic E-state index is 13.0. The minimum Gasteiger partial charge on any atom is -0.486 e. The van der Waals surface area contributed by atoms with E-state index < -0.39 is 22.4 Å². The zero-order chi connectivity index (χ0) is 21.8. The first-order valence-electron chi connectivity index (χ1n) is 9.98. The highest BCUT2D eigenvalue weighted by Crippen LogP contribution is 2.34. The monoisotopic (exact) mass is 465 g/mol. The van der Waals surface area contributed by atoms with Crippen molar-refractivity contribution in [3.63, 3.8) is 0 Å². The summed E-state index contributed by atoms with van der Waals surface area (Å²) in [5.41, 5.74) is 0.612. The maximum Gasteiger partial charge on any atom is 0.306 e. The van der Waals surface area contributed by atoms with Crippen LogP contribution in [0.3, 0.4) is 0 Å². The molecule has 1 fully saturated rings. The molecule has 10 heteroatoms. The molecule has 0 saturated carbocycles. The fraction of sp³-hybridized carbons (Fsp3) is 0.429. The van der Waals surface area contributed by atoms with Gasteiger partial charge in [0.1, 0.15) is 13.2 Å². The van der Waals surface area contributed by atoms with Gasteiger partial charge >= 0.3 is 5.97 Å². The molecule has 0 spiro atoms. The summed E-state index contributed by atoms with van der Waals surface area (Å²) in [5, 5.41) is 1.93. The molecule has 1 aromatic heterocycles. The van der Waals surface area contributed by atoms with Crippen LogP contribution in [0.25, 0.3) is 0 Å². The molecule has 1 aromatic carbocycles. The van der Waals surface area contributed by atoms with E-state index in [2.05, 4.69) is 0 Å². The molecule has 0 aliphatic carbocycles. The number of carbonyl (C=O) groups excluding carboxylic acids is 2. The third-order valence-corrected chi connectivity index (χ3v) is 7.87. The number of carbonyl (C=O) groups is 2. The van der Waals surface area contributed by atoms with Gasteiger partial charge in [-0.3, -0.25) is 9.59 Å². The number of thiophene rings is 1. The van der Waals surface area contributed by atoms with Gasteiger partial charge in [-0.25, -0.2) is 8.42 Å². The number of benzene rings is 1. The smallest absolute Gasteiger partial charge is 0.306 e. The quantitative estimate of drug-likeness (QED) is 0.579. The molecule has 1 atom stereocenters. The van der Waals surface area contributed by atoms with Crippen LogP contribution in [0.5, 0.6) is 11.5 Å². The summed E-state index contributed by atoms with van der Waals surface area (Å²) in [5.74, 6) is 0.0998. The SMILES string of the molecule is O=C(CC1CCS(=O)(=O)C1)OCC(=O)N(Cc1cccs1)c1ccc2c(c1)OCCO2. The van der Waals surface area contributed by atoms with Crippen LogP contribution in [0.2, 0.25) is 0 Å². The molecule has 4 rings (SSSR count). The van der Waals surface area contributed by atoms with Crippen LogP contribution in [-0.2, 0) is 30.7 Å². The number of hydrogen-bond donors (Lipinski definition) is 0. The van der Waals surface area contributed by atoms with Crippen molar-refractivity contribution in [1.29, 1.82) is 0 Å². The van der Waals surface area contributed by atoms with Gasteiger partial charge in [0.15, 0.2) is 27.9 Å². The molecule has 2 aliphatic heterocycles. The second-order valence-corrected chi connectivity index (χ2v) is 10.8. The number of nitrogens with zero attached hydrogens (tertiary/aromatic N) is 1. The number of amides is 1. The van der Waals surface area contributed by atoms with E-state index in [0.29, 0.717) is 43.4 Å². The third kappa shape index (κ3) is 5.56. The largest absolute Gasteiger partial charge is 0.486 e. The number of esters is 1. The highest BCUT2D eigenvalue weighted by Gasteiger charge is 2.30. The molecule has 2 aliphatic rings. The van der Waals surface area contributed by atoms with Crippen molar-refractivity contribution in [1.82, 2.24) is 0 Å². The van der Waals surface area contributed by atoms with Gasteiger partial charge in [-0.05, 0) is 35.9 Å². The van der Waals surface area contributed by atoms with Gasteiger partial charge < -0.3 is 19.1 Å². The minimum absolute atomic E-state index is 0.00145. The zero-order valence-electron chi connectivity index (χ0n) is 16.8. The van der Waals surface area contributed by atoms with Gasteiger partial charge in [0.2, 0.25) is 0 Å². The van der Waals surface area contributed by atoms with E-state index in [1.807, 2.05) is 17.5 Å². The Kier molecular flexibility index (Phi) is 6.47. The van der Waals surface area contributed by atoms with Crippen molar-refractivity contribution in [2.24, 2.45) is 5.92 Å². The molecule has 2 aromatic rings. The van der Waals surface area contributed by atoms with Crippen LogP contribution in [0.1, 0.15) is 17.7 Å². The fourth-order valence-electron chi connectivity index (χ4n) is 3.63. The van der Waals surface area contributed by atoms with Gasteiger partial charge in [0, 0.05) is 23.1 Å². The van der Waals surface area contributed by atoms with Crippen LogP contribution >= 0.6 is 11.3 Å². The summed E-state index contributed by atoms with van der Waals surface area (Å²) in [6.07, 6.45) is 0.453. The van der Waals surface area contributed by atoms with Crippen LogP contribution in [0, 0.1) is 5.92 Å². The number of sulfone groups is 1. The van der Waals surface area contributed by atoms with E-state index in [-0.39, 0.29) is 29.8 Å². The number of anilines is 1. The molecule has 0 bridgehead atoms. The molecular weight excluding hydrogens is 442 g/mol. The minimum atomic E-state index is -3.06. The van der Waals surface area contributed by atoms with E-state index in [0.717, 1.165) is 4.88 Å². The number of hydrogen-bond acceptors (Lipinski definition) is 8. The van der Waals surface area contributed by atoms with E-state index in [1.54, 1.807) is 18.2 Å². The van der Waals surface area contributed by atoms with Crippen molar-refractivity contribution in [3.05, 3.63) is 40.6 Å². The summed E-state index contributed by atoms with van der Waals surface area (Å²) in [6.45, 7) is 0.818. The predicted octanol–water partition coefficient (Wildman–Crippen LogP) is 2.42. The molecule has 8 nitrogen and oxygen atoms in total. The van der Waals surface area contributed by atoms with Gasteiger partial charge in [-0.2, -0.15) is 0 Å². The van der Waals surface area contributed by atoms with E-state index >= 15 is 0 Å². The molecule has 0 N–H and O–H groups in total. The molecule has 1 amide bonds. The van der Waals surface area contributed by atoms with E-state index in [9.17, 15) is 18.0 Å². The first-order valence-corrected chi connectivity index (χ1v) is 12.7. The molecule has 3 heterocycles. The Balaban J connectivity index is 1.42. The summed E-state index contributed by atoms with van der Waals surface area (Å²) >= 11 is 1.52. The highest BCUT2D eigenvalue weighted by molar-refractivity contribution is 7.91. The van der Waals surface area contributed by atoms with Crippen LogP contribution in [0.4, 0.5) is 5.69 Å². The Morgan fingerprint density at radius 1 is 1.16 bits per heavy atom. The topological polar surface area (TPSA) is 99.2 Å². The van der Waals surface area contributed by atoms with Gasteiger partial charge in [0.25, 0.3) is 5.91 Å². The molecule has 166 valence electrons. The average molecular weight is 466 g/mol. The summed E-state index contributed by atoms with van der Waals surface area (Å²) in [7, 11) is -3.06. The maximum absolute atomic E-state index is 13.0. The first-order chi connectivity index (χ1) is 14.9. The summed E-state index contributed by atoms with van der Waals surface area (Å²) < 4.78 is 39.5. The Hall–Kier alpha value is -2.59. The molecule has 0 radical (unpaired) electrons. The number of rotatable bonds is 7. The van der Waals surface area contributed by atoms with Crippen LogP contribution < -0.4 is 14.4 Å². The van der Waals surface area contributed by atoms with Gasteiger partial charge in [0.05, 0.1) is 18.1 Å². The standard InChI is InChI=1S/C21H23NO7S2/c23-20(13-29-21(24)10-15-5-9-31(25,26)14-15)22(12-17-2-1-8-30-17)16-3-4-18-19(11-16)28-7-6-27-18/h1-4,8,11,15H,5-7,9-10,12-14H2. The lowest BCUT2D eigenvalue weighted by atomic mass is 10.1. The normalized spacial score (nSPS) is 19.0. The van der Waals surface area contributed by atoms with Crippen LogP contribution in [-0.4, -0.2) is 51.6 Å². The lowest BCUT2D eigenvalue weighted by Gasteiger charge is -2.25. The lowest BCUT2D eigenvalue weighted by molar-refractivity contribution is -0.148. The van der Waals surface area contributed by atoms with Gasteiger partial charge in [-0.1, -0.05) is 6.07 Å². The second-order valence-electron chi connectivity index (χ2n) is 7.52. The Labute approximate surface area is 184 Å². The molecule has 1 unspecified atom stereocenters. The molecule has 31 heavy (non-hydrogen) atoms. The van der Waals surface area contributed by atoms with Crippen molar-refractivity contribution < 1.29 is 32.2 Å². The number of ether oxygens (including phenoxy) is 3. The number of fused-ring (bicyclic) bond motifs is 1. The predicted molar refractivity (Wildman–Crippen MR) is 115 cm³/mol. The van der Waals surface area contributed by atoms with Crippen molar-refractivity contribution >= 4 is 38.7 Å². The van der Waals surface area contributed by atoms with E-state index in [1.165, 1.54) is 16.2 Å². The average Bonchev–Trinajstić information content (AvgIpc) is 3.39. The Morgan fingerprint density at radius 3 is 2.68 bits per heavy atom. The van der Waals surface area contributed by atoms with Gasteiger partial charge in [-0.15, -0.1) is 11.3 Å². The summed E-state index contributed by atoms with van der Waals surface area (Å²) in [6, 6.07) is 9.10. The fourth-order valence-corrected chi connectivity index (χ4v) is 6.18. The van der Waals surface area contributed by atoms with E-state index in [4.69, 9.17) is 14.2 Å². The zero-order valence-corrected chi connectivity index (χ0v) is 18.5. The van der Waals surface area contributed by atoms with Crippen molar-refractivity contribution in [2.75, 3.05) is 36.2 Å². The Morgan fingerprint density at radius 2 is 1.97 bits per heavy atom. The second kappa shape index (κ2) is 9.27. The molecular formula is C21H23NO7S2.